The zero-order chi connectivity index (χ0) is 12.9. The Hall–Kier alpha value is -1.16. The van der Waals surface area contributed by atoms with Crippen molar-refractivity contribution in [2.45, 2.75) is 12.8 Å². The Morgan fingerprint density at radius 3 is 2.22 bits per heavy atom. The van der Waals surface area contributed by atoms with Crippen LogP contribution in [0.3, 0.4) is 0 Å². The van der Waals surface area contributed by atoms with Gasteiger partial charge in [0.2, 0.25) is 11.8 Å². The number of allylic oxidation sites excluding steroid dienone is 2. The number of imide groups is 1. The number of amides is 2. The molecule has 3 aliphatic rings. The molecule has 2 aliphatic carbocycles. The number of likely N-dealkylation sites (tertiary alicyclic amines) is 1. The summed E-state index contributed by atoms with van der Waals surface area (Å²) in [5.74, 6) is 0.755. The van der Waals surface area contributed by atoms with E-state index < -0.39 is 0 Å². The molecule has 1 saturated heterocycles. The van der Waals surface area contributed by atoms with Crippen LogP contribution in [0.1, 0.15) is 12.8 Å². The maximum atomic E-state index is 12.3. The molecule has 4 atom stereocenters. The van der Waals surface area contributed by atoms with Crippen LogP contribution in [-0.2, 0) is 9.59 Å². The maximum Gasteiger partial charge on any atom is 0.233 e. The summed E-state index contributed by atoms with van der Waals surface area (Å²) in [5, 5.41) is 0. The van der Waals surface area contributed by atoms with Gasteiger partial charge >= 0.3 is 0 Å². The molecule has 18 heavy (non-hydrogen) atoms. The van der Waals surface area contributed by atoms with Crippen molar-refractivity contribution in [1.82, 2.24) is 9.80 Å². The van der Waals surface area contributed by atoms with Crippen molar-refractivity contribution in [2.75, 3.05) is 27.2 Å². The molecule has 0 N–H and O–H groups in total. The lowest BCUT2D eigenvalue weighted by atomic mass is 9.85. The highest BCUT2D eigenvalue weighted by Gasteiger charge is 2.58. The van der Waals surface area contributed by atoms with Crippen LogP contribution in [0.25, 0.3) is 0 Å². The number of hydrogen-bond acceptors (Lipinski definition) is 3. The first-order chi connectivity index (χ1) is 8.59. The van der Waals surface area contributed by atoms with Crippen molar-refractivity contribution in [2.24, 2.45) is 23.7 Å². The van der Waals surface area contributed by atoms with E-state index in [0.29, 0.717) is 18.4 Å². The van der Waals surface area contributed by atoms with E-state index in [0.717, 1.165) is 19.4 Å². The van der Waals surface area contributed by atoms with Gasteiger partial charge < -0.3 is 4.90 Å². The first-order valence-electron chi connectivity index (χ1n) is 6.78. The molecule has 1 aliphatic heterocycles. The molecule has 2 fully saturated rings. The van der Waals surface area contributed by atoms with Crippen molar-refractivity contribution in [3.8, 4) is 0 Å². The Morgan fingerprint density at radius 1 is 1.17 bits per heavy atom. The van der Waals surface area contributed by atoms with Gasteiger partial charge in [-0.25, -0.2) is 0 Å². The predicted molar refractivity (Wildman–Crippen MR) is 67.6 cm³/mol. The highest BCUT2D eigenvalue weighted by atomic mass is 16.2. The molecule has 2 bridgehead atoms. The van der Waals surface area contributed by atoms with Gasteiger partial charge in [-0.2, -0.15) is 0 Å². The topological polar surface area (TPSA) is 40.6 Å². The molecule has 0 radical (unpaired) electrons. The fourth-order valence-electron chi connectivity index (χ4n) is 3.73. The minimum Gasteiger partial charge on any atom is -0.309 e. The average Bonchev–Trinajstić information content (AvgIpc) is 2.97. The van der Waals surface area contributed by atoms with Crippen LogP contribution < -0.4 is 0 Å². The Kier molecular flexibility index (Phi) is 2.77. The van der Waals surface area contributed by atoms with Crippen molar-refractivity contribution in [3.63, 3.8) is 0 Å². The lowest BCUT2D eigenvalue weighted by Gasteiger charge is -2.18. The SMILES string of the molecule is CN(C)CCCN1C(=O)[C@@H]2[C@H](C1=O)[C@@H]1C=C[C@@H]2C1. The summed E-state index contributed by atoms with van der Waals surface area (Å²) < 4.78 is 0. The number of carbonyl (C=O) groups is 2. The van der Waals surface area contributed by atoms with Gasteiger partial charge in [0.05, 0.1) is 11.8 Å². The summed E-state index contributed by atoms with van der Waals surface area (Å²) in [7, 11) is 4.01. The summed E-state index contributed by atoms with van der Waals surface area (Å²) in [4.78, 5) is 28.2. The van der Waals surface area contributed by atoms with Gasteiger partial charge in [0.25, 0.3) is 0 Å². The van der Waals surface area contributed by atoms with Crippen molar-refractivity contribution in [3.05, 3.63) is 12.2 Å². The number of carbonyl (C=O) groups excluding carboxylic acids is 2. The van der Waals surface area contributed by atoms with Crippen LogP contribution in [0.15, 0.2) is 12.2 Å². The standard InChI is InChI=1S/C14H20N2O2/c1-15(2)6-3-7-16-13(17)11-9-4-5-10(8-9)12(11)14(16)18/h4-5,9-12H,3,6-8H2,1-2H3/t9-,10-,11-,12+/m1/s1. The van der Waals surface area contributed by atoms with Gasteiger partial charge in [0, 0.05) is 6.54 Å². The number of hydrogen-bond donors (Lipinski definition) is 0. The van der Waals surface area contributed by atoms with Crippen LogP contribution in [0.2, 0.25) is 0 Å². The van der Waals surface area contributed by atoms with Gasteiger partial charge in [-0.05, 0) is 45.3 Å². The molecule has 0 aromatic heterocycles. The van der Waals surface area contributed by atoms with Crippen LogP contribution >= 0.6 is 0 Å². The number of fused-ring (bicyclic) bond motifs is 5. The van der Waals surface area contributed by atoms with Crippen LogP contribution in [-0.4, -0.2) is 48.8 Å². The van der Waals surface area contributed by atoms with Gasteiger partial charge in [-0.3, -0.25) is 14.5 Å². The second-order valence-corrected chi connectivity index (χ2v) is 5.98. The van der Waals surface area contributed by atoms with Crippen molar-refractivity contribution < 1.29 is 9.59 Å². The van der Waals surface area contributed by atoms with E-state index in [2.05, 4.69) is 17.1 Å². The molecule has 4 heteroatoms. The normalized spacial score (nSPS) is 37.2. The molecular weight excluding hydrogens is 228 g/mol. The second-order valence-electron chi connectivity index (χ2n) is 5.98. The monoisotopic (exact) mass is 248 g/mol. The zero-order valence-corrected chi connectivity index (χ0v) is 11.0. The van der Waals surface area contributed by atoms with E-state index in [1.54, 1.807) is 0 Å². The van der Waals surface area contributed by atoms with Crippen molar-refractivity contribution in [1.29, 1.82) is 0 Å². The van der Waals surface area contributed by atoms with Crippen LogP contribution in [0.4, 0.5) is 0 Å². The first-order valence-corrected chi connectivity index (χ1v) is 6.78. The highest BCUT2D eigenvalue weighted by molar-refractivity contribution is 6.06. The molecule has 0 spiro atoms. The van der Waals surface area contributed by atoms with Gasteiger partial charge in [-0.15, -0.1) is 0 Å². The quantitative estimate of drug-likeness (QED) is 0.544. The maximum absolute atomic E-state index is 12.3. The van der Waals surface area contributed by atoms with Crippen LogP contribution in [0, 0.1) is 23.7 Å². The molecule has 4 nitrogen and oxygen atoms in total. The second kappa shape index (κ2) is 4.19. The fraction of sp³-hybridized carbons (Fsp3) is 0.714. The van der Waals surface area contributed by atoms with E-state index in [1.807, 2.05) is 14.1 Å². The van der Waals surface area contributed by atoms with Crippen LogP contribution in [0.5, 0.6) is 0 Å². The summed E-state index contributed by atoms with van der Waals surface area (Å²) in [6, 6.07) is 0. The molecule has 2 amide bonds. The molecule has 0 aromatic rings. The summed E-state index contributed by atoms with van der Waals surface area (Å²) >= 11 is 0. The molecule has 1 saturated carbocycles. The predicted octanol–water partition coefficient (Wildman–Crippen LogP) is 0.745. The average molecular weight is 248 g/mol. The molecule has 0 unspecified atom stereocenters. The number of rotatable bonds is 4. The third kappa shape index (κ3) is 1.62. The Balaban J connectivity index is 1.68. The Bertz CT molecular complexity index is 386. The minimum atomic E-state index is -0.0353. The lowest BCUT2D eigenvalue weighted by molar-refractivity contribution is -0.140. The zero-order valence-electron chi connectivity index (χ0n) is 11.0. The lowest BCUT2D eigenvalue weighted by Crippen LogP contribution is -2.35. The first kappa shape index (κ1) is 11.9. The van der Waals surface area contributed by atoms with E-state index >= 15 is 0 Å². The van der Waals surface area contributed by atoms with E-state index in [4.69, 9.17) is 0 Å². The fourth-order valence-corrected chi connectivity index (χ4v) is 3.73. The summed E-state index contributed by atoms with van der Waals surface area (Å²) in [5.41, 5.74) is 0. The van der Waals surface area contributed by atoms with E-state index in [-0.39, 0.29) is 23.7 Å². The molecule has 3 rings (SSSR count). The molecule has 1 heterocycles. The Labute approximate surface area is 108 Å². The highest BCUT2D eigenvalue weighted by Crippen LogP contribution is 2.52. The van der Waals surface area contributed by atoms with Gasteiger partial charge in [0.15, 0.2) is 0 Å². The molecule has 98 valence electrons. The summed E-state index contributed by atoms with van der Waals surface area (Å²) in [6.45, 7) is 1.50. The van der Waals surface area contributed by atoms with Gasteiger partial charge in [0.1, 0.15) is 0 Å². The third-order valence-corrected chi connectivity index (χ3v) is 4.55. The molecular formula is C14H20N2O2. The largest absolute Gasteiger partial charge is 0.309 e. The summed E-state index contributed by atoms with van der Waals surface area (Å²) in [6.07, 6.45) is 6.16. The number of nitrogens with zero attached hydrogens (tertiary/aromatic N) is 2. The third-order valence-electron chi connectivity index (χ3n) is 4.55. The smallest absolute Gasteiger partial charge is 0.233 e. The Morgan fingerprint density at radius 2 is 1.72 bits per heavy atom. The minimum absolute atomic E-state index is 0.0353. The van der Waals surface area contributed by atoms with E-state index in [1.165, 1.54) is 4.90 Å². The van der Waals surface area contributed by atoms with E-state index in [9.17, 15) is 9.59 Å². The van der Waals surface area contributed by atoms with Gasteiger partial charge in [-0.1, -0.05) is 12.2 Å². The molecule has 0 aromatic carbocycles. The van der Waals surface area contributed by atoms with Crippen molar-refractivity contribution >= 4 is 11.8 Å².